The molecule has 3 nitrogen and oxygen atoms in total. The van der Waals surface area contributed by atoms with E-state index in [-0.39, 0.29) is 5.92 Å². The summed E-state index contributed by atoms with van der Waals surface area (Å²) in [4.78, 5) is 10.1. The van der Waals surface area contributed by atoms with Gasteiger partial charge in [0.15, 0.2) is 0 Å². The molecule has 0 aromatic carbocycles. The molecule has 0 saturated heterocycles. The highest BCUT2D eigenvalue weighted by atomic mass is 16.4. The maximum absolute atomic E-state index is 10.1. The Morgan fingerprint density at radius 3 is 2.33 bits per heavy atom. The van der Waals surface area contributed by atoms with E-state index in [1.807, 2.05) is 6.92 Å². The van der Waals surface area contributed by atoms with Gasteiger partial charge in [-0.1, -0.05) is 20.3 Å². The third-order valence-corrected chi connectivity index (χ3v) is 1.48. The molecule has 0 fully saturated rings. The molecule has 0 spiro atoms. The molecule has 0 rings (SSSR count). The molecule has 0 aliphatic heterocycles. The van der Waals surface area contributed by atoms with Gasteiger partial charge in [0.1, 0.15) is 6.04 Å². The van der Waals surface area contributed by atoms with E-state index < -0.39 is 12.0 Å². The Balaban J connectivity index is 3.72. The molecule has 2 N–H and O–H groups in total. The van der Waals surface area contributed by atoms with E-state index in [1.54, 1.807) is 6.92 Å². The Morgan fingerprint density at radius 2 is 2.22 bits per heavy atom. The number of hydrogen-bond acceptors (Lipinski definition) is 1. The molecule has 2 atom stereocenters. The van der Waals surface area contributed by atoms with Gasteiger partial charge in [-0.3, -0.25) is 4.79 Å². The Labute approximate surface area is 54.9 Å². The van der Waals surface area contributed by atoms with Gasteiger partial charge in [0.05, 0.1) is 0 Å². The molecule has 0 amide bonds. The molecule has 2 unspecified atom stereocenters. The lowest BCUT2D eigenvalue weighted by atomic mass is 10.0. The smallest absolute Gasteiger partial charge is 0.322 e. The number of rotatable bonds is 3. The van der Waals surface area contributed by atoms with Crippen LogP contribution < -0.4 is 5.73 Å². The molecule has 1 radical (unpaired) electrons. The second kappa shape index (κ2) is 3.45. The van der Waals surface area contributed by atoms with Crippen molar-refractivity contribution in [2.24, 2.45) is 5.92 Å². The normalized spacial score (nSPS) is 16.8. The zero-order valence-corrected chi connectivity index (χ0v) is 5.72. The summed E-state index contributed by atoms with van der Waals surface area (Å²) >= 11 is 0. The van der Waals surface area contributed by atoms with Gasteiger partial charge in [0.2, 0.25) is 0 Å². The van der Waals surface area contributed by atoms with Gasteiger partial charge < -0.3 is 5.11 Å². The first-order chi connectivity index (χ1) is 4.09. The summed E-state index contributed by atoms with van der Waals surface area (Å²) in [7, 11) is 0. The lowest BCUT2D eigenvalue weighted by Gasteiger charge is -2.10. The SMILES string of the molecule is CCC(C)C([NH])C(=O)O. The van der Waals surface area contributed by atoms with Gasteiger partial charge in [-0.2, -0.15) is 0 Å². The van der Waals surface area contributed by atoms with Crippen LogP contribution in [0.25, 0.3) is 0 Å². The van der Waals surface area contributed by atoms with Crippen LogP contribution in [-0.4, -0.2) is 17.1 Å². The zero-order valence-electron chi connectivity index (χ0n) is 5.72. The van der Waals surface area contributed by atoms with Crippen LogP contribution in [0.5, 0.6) is 0 Å². The number of carbonyl (C=O) groups is 1. The summed E-state index contributed by atoms with van der Waals surface area (Å²) < 4.78 is 0. The maximum Gasteiger partial charge on any atom is 0.322 e. The highest BCUT2D eigenvalue weighted by Gasteiger charge is 2.18. The molecule has 0 heterocycles. The van der Waals surface area contributed by atoms with E-state index >= 15 is 0 Å². The zero-order chi connectivity index (χ0) is 7.44. The number of aliphatic carboxylic acids is 1. The lowest BCUT2D eigenvalue weighted by molar-refractivity contribution is -0.139. The van der Waals surface area contributed by atoms with Crippen molar-refractivity contribution in [1.82, 2.24) is 5.73 Å². The van der Waals surface area contributed by atoms with Gasteiger partial charge >= 0.3 is 5.97 Å². The predicted molar refractivity (Wildman–Crippen MR) is 34.0 cm³/mol. The van der Waals surface area contributed by atoms with Crippen molar-refractivity contribution in [1.29, 1.82) is 0 Å². The van der Waals surface area contributed by atoms with Crippen molar-refractivity contribution >= 4 is 5.97 Å². The summed E-state index contributed by atoms with van der Waals surface area (Å²) in [6, 6.07) is -0.949. The number of carboxylic acids is 1. The first-order valence-electron chi connectivity index (χ1n) is 3.03. The van der Waals surface area contributed by atoms with Crippen LogP contribution in [0, 0.1) is 5.92 Å². The first-order valence-corrected chi connectivity index (χ1v) is 3.03. The molecule has 0 aromatic heterocycles. The van der Waals surface area contributed by atoms with Crippen molar-refractivity contribution in [3.8, 4) is 0 Å². The topological polar surface area (TPSA) is 61.1 Å². The van der Waals surface area contributed by atoms with Crippen LogP contribution in [0.2, 0.25) is 0 Å². The Bertz CT molecular complexity index is 103. The van der Waals surface area contributed by atoms with Crippen LogP contribution >= 0.6 is 0 Å². The molecule has 0 saturated carbocycles. The summed E-state index contributed by atoms with van der Waals surface area (Å²) in [5.41, 5.74) is 7.03. The third kappa shape index (κ3) is 2.46. The van der Waals surface area contributed by atoms with Gasteiger partial charge in [0, 0.05) is 0 Å². The molecular weight excluding hydrogens is 118 g/mol. The van der Waals surface area contributed by atoms with E-state index in [4.69, 9.17) is 10.8 Å². The average molecular weight is 130 g/mol. The average Bonchev–Trinajstić information content (AvgIpc) is 1.84. The minimum atomic E-state index is -1.02. The predicted octanol–water partition coefficient (Wildman–Crippen LogP) is 0.769. The van der Waals surface area contributed by atoms with Gasteiger partial charge in [-0.25, -0.2) is 5.73 Å². The Hall–Kier alpha value is -0.570. The minimum absolute atomic E-state index is 0.0394. The minimum Gasteiger partial charge on any atom is -0.480 e. The standard InChI is InChI=1S/C6H12NO2/c1-3-4(2)5(7)6(8)9/h4-5,7H,3H2,1-2H3,(H,8,9). The summed E-state index contributed by atoms with van der Waals surface area (Å²) in [5, 5.41) is 8.30. The molecule has 0 aliphatic rings. The van der Waals surface area contributed by atoms with Crippen molar-refractivity contribution in [3.05, 3.63) is 0 Å². The van der Waals surface area contributed by atoms with Gasteiger partial charge in [-0.05, 0) is 5.92 Å². The van der Waals surface area contributed by atoms with Crippen molar-refractivity contribution in [2.45, 2.75) is 26.3 Å². The van der Waals surface area contributed by atoms with E-state index in [2.05, 4.69) is 0 Å². The highest BCUT2D eigenvalue weighted by molar-refractivity contribution is 5.73. The summed E-state index contributed by atoms with van der Waals surface area (Å²) in [6.45, 7) is 3.65. The number of hydrogen-bond donors (Lipinski definition) is 1. The van der Waals surface area contributed by atoms with E-state index in [0.717, 1.165) is 6.42 Å². The fourth-order valence-corrected chi connectivity index (χ4v) is 0.479. The fraction of sp³-hybridized carbons (Fsp3) is 0.833. The maximum atomic E-state index is 10.1. The second-order valence-electron chi connectivity index (χ2n) is 2.20. The van der Waals surface area contributed by atoms with E-state index in [1.165, 1.54) is 0 Å². The van der Waals surface area contributed by atoms with Crippen LogP contribution in [0.3, 0.4) is 0 Å². The first kappa shape index (κ1) is 8.43. The largest absolute Gasteiger partial charge is 0.480 e. The third-order valence-electron chi connectivity index (χ3n) is 1.48. The van der Waals surface area contributed by atoms with Crippen molar-refractivity contribution in [3.63, 3.8) is 0 Å². The van der Waals surface area contributed by atoms with Gasteiger partial charge in [-0.15, -0.1) is 0 Å². The van der Waals surface area contributed by atoms with Gasteiger partial charge in [0.25, 0.3) is 0 Å². The second-order valence-corrected chi connectivity index (χ2v) is 2.20. The summed E-state index contributed by atoms with van der Waals surface area (Å²) in [6.07, 6.45) is 0.750. The monoisotopic (exact) mass is 130 g/mol. The number of carboxylic acid groups (broad SMARTS) is 1. The molecular formula is C6H12NO2. The highest BCUT2D eigenvalue weighted by Crippen LogP contribution is 2.05. The fourth-order valence-electron chi connectivity index (χ4n) is 0.479. The Morgan fingerprint density at radius 1 is 1.78 bits per heavy atom. The lowest BCUT2D eigenvalue weighted by Crippen LogP contribution is -2.28. The van der Waals surface area contributed by atoms with Crippen molar-refractivity contribution < 1.29 is 9.90 Å². The molecule has 0 aliphatic carbocycles. The van der Waals surface area contributed by atoms with Crippen LogP contribution in [0.15, 0.2) is 0 Å². The van der Waals surface area contributed by atoms with E-state index in [0.29, 0.717) is 0 Å². The van der Waals surface area contributed by atoms with Crippen LogP contribution in [-0.2, 0) is 4.79 Å². The molecule has 53 valence electrons. The summed E-state index contributed by atoms with van der Waals surface area (Å²) in [5.74, 6) is -1.06. The van der Waals surface area contributed by atoms with Crippen molar-refractivity contribution in [2.75, 3.05) is 0 Å². The quantitative estimate of drug-likeness (QED) is 0.613. The molecule has 9 heavy (non-hydrogen) atoms. The van der Waals surface area contributed by atoms with E-state index in [9.17, 15) is 4.79 Å². The molecule has 3 heteroatoms. The molecule has 0 bridgehead atoms. The van der Waals surface area contributed by atoms with Crippen LogP contribution in [0.4, 0.5) is 0 Å². The number of nitrogens with one attached hydrogen (secondary N) is 1. The Kier molecular flexibility index (Phi) is 3.24. The molecule has 0 aromatic rings. The van der Waals surface area contributed by atoms with Crippen LogP contribution in [0.1, 0.15) is 20.3 Å².